The quantitative estimate of drug-likeness (QED) is 0.204. The summed E-state index contributed by atoms with van der Waals surface area (Å²) in [5, 5.41) is 33.6. The molecule has 3 aromatic rings. The van der Waals surface area contributed by atoms with Crippen molar-refractivity contribution in [1.82, 2.24) is 0 Å². The van der Waals surface area contributed by atoms with Crippen LogP contribution >= 0.6 is 0 Å². The highest BCUT2D eigenvalue weighted by atomic mass is 16.6. The average Bonchev–Trinajstić information content (AvgIpc) is 3.09. The molecule has 3 aromatic carbocycles. The van der Waals surface area contributed by atoms with E-state index in [4.69, 9.17) is 0 Å². The molecule has 0 unspecified atom stereocenters. The number of ketones is 1. The third-order valence-corrected chi connectivity index (χ3v) is 5.26. The second-order valence-corrected chi connectivity index (χ2v) is 7.12. The number of carbonyl (C=O) groups excluding carboxylic acids is 2. The Morgan fingerprint density at radius 1 is 0.818 bits per heavy atom. The number of aliphatic hydroxyl groups is 1. The number of aliphatic hydroxyl groups excluding tert-OH is 1. The monoisotopic (exact) mass is 445 g/mol. The van der Waals surface area contributed by atoms with E-state index >= 15 is 0 Å². The number of para-hydroxylation sites is 2. The van der Waals surface area contributed by atoms with E-state index in [1.165, 1.54) is 36.4 Å². The van der Waals surface area contributed by atoms with Crippen molar-refractivity contribution in [2.75, 3.05) is 4.90 Å². The van der Waals surface area contributed by atoms with Crippen LogP contribution in [0.25, 0.3) is 5.76 Å². The maximum absolute atomic E-state index is 13.1. The summed E-state index contributed by atoms with van der Waals surface area (Å²) in [5.74, 6) is -2.59. The molecule has 0 aliphatic carbocycles. The van der Waals surface area contributed by atoms with Gasteiger partial charge < -0.3 is 5.11 Å². The molecule has 1 aliphatic rings. The highest BCUT2D eigenvalue weighted by molar-refractivity contribution is 6.51. The largest absolute Gasteiger partial charge is 0.507 e. The lowest BCUT2D eigenvalue weighted by molar-refractivity contribution is -0.385. The fourth-order valence-electron chi connectivity index (χ4n) is 3.76. The number of nitro benzene ring substituents is 2. The lowest BCUT2D eigenvalue weighted by Crippen LogP contribution is -2.29. The van der Waals surface area contributed by atoms with Crippen molar-refractivity contribution in [1.29, 1.82) is 0 Å². The summed E-state index contributed by atoms with van der Waals surface area (Å²) < 4.78 is 0. The van der Waals surface area contributed by atoms with E-state index in [1.54, 1.807) is 30.3 Å². The average molecular weight is 445 g/mol. The van der Waals surface area contributed by atoms with E-state index in [-0.39, 0.29) is 28.1 Å². The summed E-state index contributed by atoms with van der Waals surface area (Å²) in [4.78, 5) is 48.6. The Labute approximate surface area is 186 Å². The molecule has 1 fully saturated rings. The van der Waals surface area contributed by atoms with Crippen molar-refractivity contribution in [2.24, 2.45) is 0 Å². The van der Waals surface area contributed by atoms with Crippen LogP contribution in [0.1, 0.15) is 17.2 Å². The normalized spacial score (nSPS) is 17.2. The van der Waals surface area contributed by atoms with Crippen LogP contribution in [0.15, 0.2) is 84.4 Å². The van der Waals surface area contributed by atoms with Crippen molar-refractivity contribution in [3.05, 3.63) is 116 Å². The minimum Gasteiger partial charge on any atom is -0.507 e. The number of Topliss-reactive ketones (excluding diaryl/α,β-unsaturated/α-hetero) is 1. The third kappa shape index (κ3) is 3.69. The number of non-ortho nitro benzene ring substituents is 1. The Morgan fingerprint density at radius 3 is 2.03 bits per heavy atom. The lowest BCUT2D eigenvalue weighted by Gasteiger charge is -2.25. The van der Waals surface area contributed by atoms with Crippen LogP contribution in [-0.4, -0.2) is 26.6 Å². The van der Waals surface area contributed by atoms with Gasteiger partial charge in [-0.1, -0.05) is 30.3 Å². The molecule has 10 nitrogen and oxygen atoms in total. The number of hydrogen-bond acceptors (Lipinski definition) is 7. The van der Waals surface area contributed by atoms with E-state index in [2.05, 4.69) is 0 Å². The van der Waals surface area contributed by atoms with Gasteiger partial charge in [0, 0.05) is 29.4 Å². The van der Waals surface area contributed by atoms with E-state index < -0.39 is 33.3 Å². The lowest BCUT2D eigenvalue weighted by atomic mass is 9.94. The number of rotatable bonds is 5. The molecule has 164 valence electrons. The van der Waals surface area contributed by atoms with Crippen molar-refractivity contribution >= 4 is 34.5 Å². The summed E-state index contributed by atoms with van der Waals surface area (Å²) in [5.41, 5.74) is -0.520. The topological polar surface area (TPSA) is 144 Å². The van der Waals surface area contributed by atoms with Gasteiger partial charge in [-0.15, -0.1) is 0 Å². The second-order valence-electron chi connectivity index (χ2n) is 7.12. The van der Waals surface area contributed by atoms with Gasteiger partial charge >= 0.3 is 0 Å². The highest BCUT2D eigenvalue weighted by Crippen LogP contribution is 2.44. The Hall–Kier alpha value is -4.86. The number of amides is 1. The minimum atomic E-state index is -1.29. The first-order valence-corrected chi connectivity index (χ1v) is 9.65. The summed E-state index contributed by atoms with van der Waals surface area (Å²) in [6.07, 6.45) is 0. The maximum atomic E-state index is 13.1. The van der Waals surface area contributed by atoms with Gasteiger partial charge in [-0.25, -0.2) is 0 Å². The molecule has 0 aromatic heterocycles. The summed E-state index contributed by atoms with van der Waals surface area (Å²) >= 11 is 0. The number of nitrogens with zero attached hydrogens (tertiary/aromatic N) is 3. The summed E-state index contributed by atoms with van der Waals surface area (Å²) in [6, 6.07) is 17.2. The van der Waals surface area contributed by atoms with E-state index in [0.29, 0.717) is 5.69 Å². The molecule has 1 saturated heterocycles. The van der Waals surface area contributed by atoms with Crippen LogP contribution in [0.2, 0.25) is 0 Å². The number of benzene rings is 3. The third-order valence-electron chi connectivity index (χ3n) is 5.26. The first-order valence-electron chi connectivity index (χ1n) is 9.65. The van der Waals surface area contributed by atoms with Gasteiger partial charge in [-0.3, -0.25) is 34.7 Å². The number of nitro groups is 2. The predicted octanol–water partition coefficient (Wildman–Crippen LogP) is 4.13. The zero-order valence-electron chi connectivity index (χ0n) is 16.8. The van der Waals surface area contributed by atoms with Crippen LogP contribution in [0.4, 0.5) is 17.1 Å². The molecule has 1 N–H and O–H groups in total. The Morgan fingerprint density at radius 2 is 1.42 bits per heavy atom. The molecule has 1 aliphatic heterocycles. The van der Waals surface area contributed by atoms with Crippen LogP contribution in [0.5, 0.6) is 0 Å². The van der Waals surface area contributed by atoms with Gasteiger partial charge in [0.15, 0.2) is 0 Å². The molecule has 10 heteroatoms. The summed E-state index contributed by atoms with van der Waals surface area (Å²) in [7, 11) is 0. The van der Waals surface area contributed by atoms with Gasteiger partial charge in [-0.2, -0.15) is 0 Å². The molecule has 0 radical (unpaired) electrons. The molecule has 0 bridgehead atoms. The van der Waals surface area contributed by atoms with Gasteiger partial charge in [0.2, 0.25) is 0 Å². The molecular weight excluding hydrogens is 430 g/mol. The van der Waals surface area contributed by atoms with Crippen molar-refractivity contribution in [2.45, 2.75) is 6.04 Å². The standard InChI is InChI=1S/C23H15N3O7/c27-21(14-10-12-16(13-11-14)25(30)31)19-20(17-8-4-5-9-18(17)26(32)33)24(23(29)22(19)28)15-6-2-1-3-7-15/h1-13,20,27H/b21-19+/t20-/m0/s1. The highest BCUT2D eigenvalue weighted by Gasteiger charge is 2.48. The number of hydrogen-bond donors (Lipinski definition) is 1. The van der Waals surface area contributed by atoms with E-state index in [1.807, 2.05) is 0 Å². The smallest absolute Gasteiger partial charge is 0.300 e. The molecular formula is C23H15N3O7. The first kappa shape index (κ1) is 21.4. The van der Waals surface area contributed by atoms with Crippen LogP contribution in [0.3, 0.4) is 0 Å². The fourth-order valence-corrected chi connectivity index (χ4v) is 3.76. The van der Waals surface area contributed by atoms with Crippen molar-refractivity contribution in [3.63, 3.8) is 0 Å². The van der Waals surface area contributed by atoms with Crippen LogP contribution < -0.4 is 4.90 Å². The van der Waals surface area contributed by atoms with E-state index in [9.17, 15) is 34.9 Å². The van der Waals surface area contributed by atoms with Crippen LogP contribution in [0, 0.1) is 20.2 Å². The van der Waals surface area contributed by atoms with Crippen LogP contribution in [-0.2, 0) is 9.59 Å². The molecule has 0 spiro atoms. The fraction of sp³-hybridized carbons (Fsp3) is 0.0435. The van der Waals surface area contributed by atoms with E-state index in [0.717, 1.165) is 17.0 Å². The zero-order valence-corrected chi connectivity index (χ0v) is 16.8. The van der Waals surface area contributed by atoms with Crippen molar-refractivity contribution < 1.29 is 24.5 Å². The number of anilines is 1. The second kappa shape index (κ2) is 8.35. The molecule has 1 amide bonds. The van der Waals surface area contributed by atoms with Gasteiger partial charge in [0.25, 0.3) is 23.1 Å². The minimum absolute atomic E-state index is 0.0361. The summed E-state index contributed by atoms with van der Waals surface area (Å²) in [6.45, 7) is 0. The Kier molecular flexibility index (Phi) is 5.41. The molecule has 0 saturated carbocycles. The van der Waals surface area contributed by atoms with Gasteiger partial charge in [0.1, 0.15) is 11.8 Å². The predicted molar refractivity (Wildman–Crippen MR) is 117 cm³/mol. The molecule has 33 heavy (non-hydrogen) atoms. The van der Waals surface area contributed by atoms with Gasteiger partial charge in [-0.05, 0) is 30.3 Å². The maximum Gasteiger partial charge on any atom is 0.300 e. The zero-order chi connectivity index (χ0) is 23.7. The first-order chi connectivity index (χ1) is 15.8. The molecule has 1 heterocycles. The number of carbonyl (C=O) groups is 2. The SMILES string of the molecule is O=C1C(=O)N(c2ccccc2)[C@@H](c2ccccc2[N+](=O)[O-])/C1=C(\O)c1ccc([N+](=O)[O-])cc1. The van der Waals surface area contributed by atoms with Gasteiger partial charge in [0.05, 0.1) is 21.0 Å². The Bertz CT molecular complexity index is 1320. The molecule has 1 atom stereocenters. The van der Waals surface area contributed by atoms with Crippen molar-refractivity contribution in [3.8, 4) is 0 Å². The Balaban J connectivity index is 1.98. The molecule has 4 rings (SSSR count).